The summed E-state index contributed by atoms with van der Waals surface area (Å²) in [5, 5.41) is 8.03. The molecule has 170 valence electrons. The Hall–Kier alpha value is -3.27. The average molecular weight is 448 g/mol. The zero-order chi connectivity index (χ0) is 22.7. The van der Waals surface area contributed by atoms with Crippen LogP contribution in [0.1, 0.15) is 12.3 Å². The van der Waals surface area contributed by atoms with E-state index < -0.39 is 6.36 Å². The maximum absolute atomic E-state index is 12.2. The van der Waals surface area contributed by atoms with Gasteiger partial charge in [0.05, 0.1) is 0 Å². The fourth-order valence-corrected chi connectivity index (χ4v) is 3.52. The van der Waals surface area contributed by atoms with Crippen LogP contribution in [-0.2, 0) is 6.61 Å². The Bertz CT molecular complexity index is 1020. The third-order valence-electron chi connectivity index (χ3n) is 5.26. The standard InChI is InChI=1S/C22H23F3N4O3/c1-28(2)17-11-12-29(13-17)16-5-3-15(4-6-16)21-27-26-20(31-21)14-30-18-7-9-19(10-8-18)32-22(23,24)25/h3-10,17H,11-14H2,1-2H3. The van der Waals surface area contributed by atoms with E-state index in [4.69, 9.17) is 9.15 Å². The van der Waals surface area contributed by atoms with Gasteiger partial charge in [-0.25, -0.2) is 0 Å². The lowest BCUT2D eigenvalue weighted by atomic mass is 10.2. The Morgan fingerprint density at radius 2 is 1.72 bits per heavy atom. The molecule has 4 rings (SSSR count). The fraction of sp³-hybridized carbons (Fsp3) is 0.364. The molecule has 7 nitrogen and oxygen atoms in total. The molecule has 1 unspecified atom stereocenters. The molecule has 0 N–H and O–H groups in total. The van der Waals surface area contributed by atoms with E-state index in [1.54, 1.807) is 0 Å². The number of hydrogen-bond donors (Lipinski definition) is 0. The molecule has 1 atom stereocenters. The normalized spacial score (nSPS) is 16.6. The summed E-state index contributed by atoms with van der Waals surface area (Å²) in [6, 6.07) is 13.6. The molecule has 1 fully saturated rings. The van der Waals surface area contributed by atoms with E-state index in [2.05, 4.69) is 38.8 Å². The van der Waals surface area contributed by atoms with Gasteiger partial charge in [0.25, 0.3) is 5.89 Å². The van der Waals surface area contributed by atoms with Gasteiger partial charge in [-0.15, -0.1) is 23.4 Å². The molecule has 2 heterocycles. The second kappa shape index (κ2) is 9.07. The largest absolute Gasteiger partial charge is 0.573 e. The van der Waals surface area contributed by atoms with E-state index in [0.29, 0.717) is 17.7 Å². The Labute approximate surface area is 183 Å². The molecule has 10 heteroatoms. The summed E-state index contributed by atoms with van der Waals surface area (Å²) < 4.78 is 51.6. The number of alkyl halides is 3. The van der Waals surface area contributed by atoms with Gasteiger partial charge in [0.2, 0.25) is 5.89 Å². The molecule has 0 radical (unpaired) electrons. The highest BCUT2D eigenvalue weighted by atomic mass is 19.4. The predicted molar refractivity (Wildman–Crippen MR) is 111 cm³/mol. The van der Waals surface area contributed by atoms with Crippen molar-refractivity contribution in [3.8, 4) is 23.0 Å². The first-order chi connectivity index (χ1) is 15.3. The molecule has 2 aromatic carbocycles. The third kappa shape index (κ3) is 5.50. The summed E-state index contributed by atoms with van der Waals surface area (Å²) in [5.41, 5.74) is 1.95. The van der Waals surface area contributed by atoms with E-state index >= 15 is 0 Å². The average Bonchev–Trinajstić information content (AvgIpc) is 3.43. The molecular formula is C22H23F3N4O3. The summed E-state index contributed by atoms with van der Waals surface area (Å²) in [4.78, 5) is 4.60. The van der Waals surface area contributed by atoms with Crippen LogP contribution in [0.5, 0.6) is 11.5 Å². The smallest absolute Gasteiger partial charge is 0.484 e. The summed E-state index contributed by atoms with van der Waals surface area (Å²) in [6.07, 6.45) is -3.59. The first kappa shape index (κ1) is 21.9. The fourth-order valence-electron chi connectivity index (χ4n) is 3.52. The Kier molecular flexibility index (Phi) is 6.22. The van der Waals surface area contributed by atoms with Crippen LogP contribution in [0.25, 0.3) is 11.5 Å². The van der Waals surface area contributed by atoms with Crippen molar-refractivity contribution in [3.63, 3.8) is 0 Å². The number of likely N-dealkylation sites (N-methyl/N-ethyl adjacent to an activating group) is 1. The highest BCUT2D eigenvalue weighted by Crippen LogP contribution is 2.27. The minimum atomic E-state index is -4.73. The molecule has 0 saturated carbocycles. The van der Waals surface area contributed by atoms with E-state index in [1.807, 2.05) is 24.3 Å². The number of hydrogen-bond acceptors (Lipinski definition) is 7. The Balaban J connectivity index is 1.33. The number of nitrogens with zero attached hydrogens (tertiary/aromatic N) is 4. The highest BCUT2D eigenvalue weighted by Gasteiger charge is 2.31. The minimum Gasteiger partial charge on any atom is -0.484 e. The van der Waals surface area contributed by atoms with Gasteiger partial charge in [-0.3, -0.25) is 0 Å². The molecule has 3 aromatic rings. The van der Waals surface area contributed by atoms with Crippen LogP contribution in [0, 0.1) is 0 Å². The molecule has 0 spiro atoms. The molecular weight excluding hydrogens is 425 g/mol. The number of ether oxygens (including phenoxy) is 2. The van der Waals surface area contributed by atoms with Gasteiger partial charge in [-0.2, -0.15) is 0 Å². The van der Waals surface area contributed by atoms with Gasteiger partial charge >= 0.3 is 6.36 Å². The van der Waals surface area contributed by atoms with Gasteiger partial charge in [-0.1, -0.05) is 0 Å². The maximum atomic E-state index is 12.2. The number of anilines is 1. The Morgan fingerprint density at radius 3 is 2.34 bits per heavy atom. The monoisotopic (exact) mass is 448 g/mol. The maximum Gasteiger partial charge on any atom is 0.573 e. The number of halogens is 3. The zero-order valence-electron chi connectivity index (χ0n) is 17.7. The lowest BCUT2D eigenvalue weighted by molar-refractivity contribution is -0.274. The van der Waals surface area contributed by atoms with Crippen molar-refractivity contribution in [2.75, 3.05) is 32.1 Å². The van der Waals surface area contributed by atoms with Crippen LogP contribution in [0.2, 0.25) is 0 Å². The summed E-state index contributed by atoms with van der Waals surface area (Å²) >= 11 is 0. The van der Waals surface area contributed by atoms with Crippen molar-refractivity contribution in [2.24, 2.45) is 0 Å². The topological polar surface area (TPSA) is 63.9 Å². The number of benzene rings is 2. The summed E-state index contributed by atoms with van der Waals surface area (Å²) in [7, 11) is 4.21. The van der Waals surface area contributed by atoms with Crippen molar-refractivity contribution in [1.29, 1.82) is 0 Å². The van der Waals surface area contributed by atoms with E-state index in [0.717, 1.165) is 30.8 Å². The van der Waals surface area contributed by atoms with Crippen LogP contribution >= 0.6 is 0 Å². The van der Waals surface area contributed by atoms with Crippen molar-refractivity contribution in [1.82, 2.24) is 15.1 Å². The third-order valence-corrected chi connectivity index (χ3v) is 5.26. The summed E-state index contributed by atoms with van der Waals surface area (Å²) in [6.45, 7) is 2.01. The van der Waals surface area contributed by atoms with Gasteiger partial charge in [-0.05, 0) is 69.0 Å². The van der Waals surface area contributed by atoms with E-state index in [-0.39, 0.29) is 18.2 Å². The lowest BCUT2D eigenvalue weighted by Crippen LogP contribution is -2.31. The number of aromatic nitrogens is 2. The van der Waals surface area contributed by atoms with Crippen LogP contribution in [0.4, 0.5) is 18.9 Å². The molecule has 1 aliphatic heterocycles. The lowest BCUT2D eigenvalue weighted by Gasteiger charge is -2.21. The first-order valence-corrected chi connectivity index (χ1v) is 10.1. The van der Waals surface area contributed by atoms with Gasteiger partial charge < -0.3 is 23.7 Å². The van der Waals surface area contributed by atoms with Crippen LogP contribution in [0.15, 0.2) is 52.9 Å². The first-order valence-electron chi connectivity index (χ1n) is 10.1. The van der Waals surface area contributed by atoms with Crippen LogP contribution in [0.3, 0.4) is 0 Å². The molecule has 0 amide bonds. The molecule has 0 aliphatic carbocycles. The minimum absolute atomic E-state index is 0.00966. The van der Waals surface area contributed by atoms with Crippen LogP contribution < -0.4 is 14.4 Å². The molecule has 1 aromatic heterocycles. The highest BCUT2D eigenvalue weighted by molar-refractivity contribution is 5.59. The SMILES string of the molecule is CN(C)C1CCN(c2ccc(-c3nnc(COc4ccc(OC(F)(F)F)cc4)o3)cc2)C1. The molecule has 1 saturated heterocycles. The summed E-state index contributed by atoms with van der Waals surface area (Å²) in [5.74, 6) is 0.662. The van der Waals surface area contributed by atoms with E-state index in [1.165, 1.54) is 24.3 Å². The number of rotatable bonds is 7. The second-order valence-electron chi connectivity index (χ2n) is 7.71. The van der Waals surface area contributed by atoms with Gasteiger partial charge in [0, 0.05) is 30.4 Å². The predicted octanol–water partition coefficient (Wildman–Crippen LogP) is 4.35. The van der Waals surface area contributed by atoms with Crippen molar-refractivity contribution >= 4 is 5.69 Å². The Morgan fingerprint density at radius 1 is 1.03 bits per heavy atom. The zero-order valence-corrected chi connectivity index (χ0v) is 17.7. The van der Waals surface area contributed by atoms with Gasteiger partial charge in [0.15, 0.2) is 6.61 Å². The molecule has 32 heavy (non-hydrogen) atoms. The van der Waals surface area contributed by atoms with Crippen molar-refractivity contribution in [2.45, 2.75) is 25.4 Å². The van der Waals surface area contributed by atoms with Crippen molar-refractivity contribution in [3.05, 3.63) is 54.4 Å². The van der Waals surface area contributed by atoms with Crippen LogP contribution in [-0.4, -0.2) is 54.7 Å². The quantitative estimate of drug-likeness (QED) is 0.532. The molecule has 1 aliphatic rings. The van der Waals surface area contributed by atoms with Crippen molar-refractivity contribution < 1.29 is 27.1 Å². The molecule has 0 bridgehead atoms. The second-order valence-corrected chi connectivity index (χ2v) is 7.71. The van der Waals surface area contributed by atoms with E-state index in [9.17, 15) is 13.2 Å². The van der Waals surface area contributed by atoms with Gasteiger partial charge in [0.1, 0.15) is 11.5 Å².